The predicted octanol–water partition coefficient (Wildman–Crippen LogP) is 6.48. The fourth-order valence-corrected chi connectivity index (χ4v) is 5.58. The van der Waals surface area contributed by atoms with E-state index in [-0.39, 0.29) is 12.0 Å². The molecule has 1 N–H and O–H groups in total. The molecule has 1 amide bonds. The van der Waals surface area contributed by atoms with E-state index in [1.807, 2.05) is 60.8 Å². The van der Waals surface area contributed by atoms with E-state index in [0.29, 0.717) is 17.1 Å². The lowest BCUT2D eigenvalue weighted by Gasteiger charge is -2.32. The van der Waals surface area contributed by atoms with Crippen molar-refractivity contribution in [3.8, 4) is 11.5 Å². The molecule has 0 radical (unpaired) electrons. The highest BCUT2D eigenvalue weighted by Crippen LogP contribution is 2.30. The Morgan fingerprint density at radius 3 is 2.59 bits per heavy atom. The summed E-state index contributed by atoms with van der Waals surface area (Å²) in [6, 6.07) is 21.7. The standard InChI is InChI=1S/C32H36ClN3O3/c1-23-7-3-8-24(19-23)21-34-32(37)29-22-36(31-28(29)11-5-12-30(31)38-2)16-6-15-35-17-13-26(14-18-35)39-27-10-4-9-25(33)20-27/h3-5,7-12,19-20,22,26H,6,13-18,21H2,1-2H3,(H,34,37). The summed E-state index contributed by atoms with van der Waals surface area (Å²) in [5, 5.41) is 4.71. The molecule has 0 spiro atoms. The van der Waals surface area contributed by atoms with Gasteiger partial charge in [0.25, 0.3) is 5.91 Å². The minimum atomic E-state index is -0.0738. The molecule has 0 saturated carbocycles. The number of hydrogen-bond acceptors (Lipinski definition) is 4. The van der Waals surface area contributed by atoms with Crippen LogP contribution in [0.4, 0.5) is 0 Å². The largest absolute Gasteiger partial charge is 0.495 e. The summed E-state index contributed by atoms with van der Waals surface area (Å²) in [5.41, 5.74) is 3.91. The maximum absolute atomic E-state index is 13.2. The molecule has 1 aromatic heterocycles. The molecule has 3 aromatic carbocycles. The molecule has 7 heteroatoms. The van der Waals surface area contributed by atoms with Gasteiger partial charge in [0, 0.05) is 42.8 Å². The first-order valence-corrected chi connectivity index (χ1v) is 14.0. The van der Waals surface area contributed by atoms with Gasteiger partial charge in [0.05, 0.1) is 18.2 Å². The molecule has 4 aromatic rings. The van der Waals surface area contributed by atoms with E-state index in [4.69, 9.17) is 21.1 Å². The number of likely N-dealkylation sites (tertiary alicyclic amines) is 1. The van der Waals surface area contributed by atoms with Crippen LogP contribution in [-0.4, -0.2) is 48.2 Å². The lowest BCUT2D eigenvalue weighted by Crippen LogP contribution is -2.38. The van der Waals surface area contributed by atoms with E-state index in [1.165, 1.54) is 5.56 Å². The Labute approximate surface area is 235 Å². The SMILES string of the molecule is COc1cccc2c(C(=O)NCc3cccc(C)c3)cn(CCCN3CCC(Oc4cccc(Cl)c4)CC3)c12. The number of rotatable bonds is 10. The van der Waals surface area contributed by atoms with Gasteiger partial charge < -0.3 is 24.3 Å². The van der Waals surface area contributed by atoms with Crippen molar-refractivity contribution in [2.45, 2.75) is 45.4 Å². The first kappa shape index (κ1) is 27.1. The van der Waals surface area contributed by atoms with Crippen LogP contribution in [0.2, 0.25) is 5.02 Å². The van der Waals surface area contributed by atoms with Crippen molar-refractivity contribution in [1.82, 2.24) is 14.8 Å². The van der Waals surface area contributed by atoms with Crippen molar-refractivity contribution in [2.75, 3.05) is 26.7 Å². The van der Waals surface area contributed by atoms with Crippen LogP contribution in [0.5, 0.6) is 11.5 Å². The summed E-state index contributed by atoms with van der Waals surface area (Å²) in [5.74, 6) is 1.55. The van der Waals surface area contributed by atoms with Gasteiger partial charge in [-0.05, 0) is 62.6 Å². The van der Waals surface area contributed by atoms with Gasteiger partial charge in [0.1, 0.15) is 17.6 Å². The molecule has 5 rings (SSSR count). The van der Waals surface area contributed by atoms with Gasteiger partial charge in [0.15, 0.2) is 0 Å². The van der Waals surface area contributed by atoms with E-state index < -0.39 is 0 Å². The molecule has 0 unspecified atom stereocenters. The number of para-hydroxylation sites is 1. The van der Waals surface area contributed by atoms with Crippen LogP contribution in [0.1, 0.15) is 40.7 Å². The Morgan fingerprint density at radius 1 is 1.03 bits per heavy atom. The highest BCUT2D eigenvalue weighted by Gasteiger charge is 2.21. The average molecular weight is 546 g/mol. The van der Waals surface area contributed by atoms with Crippen LogP contribution in [0.3, 0.4) is 0 Å². The quantitative estimate of drug-likeness (QED) is 0.248. The number of nitrogens with zero attached hydrogens (tertiary/aromatic N) is 2. The second-order valence-corrected chi connectivity index (χ2v) is 10.7. The molecule has 1 fully saturated rings. The maximum Gasteiger partial charge on any atom is 0.253 e. The lowest BCUT2D eigenvalue weighted by molar-refractivity contribution is 0.0952. The summed E-state index contributed by atoms with van der Waals surface area (Å²) in [4.78, 5) is 15.7. The first-order valence-electron chi connectivity index (χ1n) is 13.6. The Bertz CT molecular complexity index is 1430. The van der Waals surface area contributed by atoms with Crippen molar-refractivity contribution < 1.29 is 14.3 Å². The second kappa shape index (κ2) is 12.6. The number of aromatic nitrogens is 1. The molecule has 0 aliphatic carbocycles. The summed E-state index contributed by atoms with van der Waals surface area (Å²) in [6.07, 6.45) is 5.17. The number of halogens is 1. The predicted molar refractivity (Wildman–Crippen MR) is 157 cm³/mol. The van der Waals surface area contributed by atoms with Crippen LogP contribution in [0.25, 0.3) is 10.9 Å². The van der Waals surface area contributed by atoms with Gasteiger partial charge in [0.2, 0.25) is 0 Å². The molecule has 2 heterocycles. The lowest BCUT2D eigenvalue weighted by atomic mass is 10.1. The van der Waals surface area contributed by atoms with E-state index in [1.54, 1.807) is 7.11 Å². The third kappa shape index (κ3) is 6.75. The highest BCUT2D eigenvalue weighted by atomic mass is 35.5. The first-order chi connectivity index (χ1) is 19.0. The summed E-state index contributed by atoms with van der Waals surface area (Å²) in [6.45, 7) is 6.37. The van der Waals surface area contributed by atoms with Crippen LogP contribution >= 0.6 is 11.6 Å². The molecule has 0 atom stereocenters. The van der Waals surface area contributed by atoms with Crippen molar-refractivity contribution >= 4 is 28.4 Å². The molecular formula is C32H36ClN3O3. The third-order valence-corrected chi connectivity index (χ3v) is 7.60. The van der Waals surface area contributed by atoms with Gasteiger partial charge in [-0.15, -0.1) is 0 Å². The van der Waals surface area contributed by atoms with Gasteiger partial charge in [-0.1, -0.05) is 59.6 Å². The summed E-state index contributed by atoms with van der Waals surface area (Å²) in [7, 11) is 1.68. The fourth-order valence-electron chi connectivity index (χ4n) is 5.40. The van der Waals surface area contributed by atoms with E-state index in [2.05, 4.69) is 33.8 Å². The number of methoxy groups -OCH3 is 1. The normalized spacial score (nSPS) is 14.4. The maximum atomic E-state index is 13.2. The van der Waals surface area contributed by atoms with Gasteiger partial charge in [-0.2, -0.15) is 0 Å². The van der Waals surface area contributed by atoms with Crippen LogP contribution in [-0.2, 0) is 13.1 Å². The Hall–Kier alpha value is -3.48. The zero-order valence-electron chi connectivity index (χ0n) is 22.7. The number of carbonyl (C=O) groups excluding carboxylic acids is 1. The monoisotopic (exact) mass is 545 g/mol. The fraction of sp³-hybridized carbons (Fsp3) is 0.344. The minimum absolute atomic E-state index is 0.0738. The molecule has 1 aliphatic rings. The van der Waals surface area contributed by atoms with Crippen molar-refractivity contribution in [3.63, 3.8) is 0 Å². The smallest absolute Gasteiger partial charge is 0.253 e. The zero-order valence-corrected chi connectivity index (χ0v) is 23.4. The molecule has 1 aliphatic heterocycles. The molecule has 6 nitrogen and oxygen atoms in total. The zero-order chi connectivity index (χ0) is 27.2. The van der Waals surface area contributed by atoms with Crippen LogP contribution in [0, 0.1) is 6.92 Å². The Morgan fingerprint density at radius 2 is 1.82 bits per heavy atom. The number of ether oxygens (including phenoxy) is 2. The van der Waals surface area contributed by atoms with Gasteiger partial charge in [-0.3, -0.25) is 4.79 Å². The average Bonchev–Trinajstić information content (AvgIpc) is 3.32. The van der Waals surface area contributed by atoms with Crippen LogP contribution < -0.4 is 14.8 Å². The molecular weight excluding hydrogens is 510 g/mol. The molecule has 39 heavy (non-hydrogen) atoms. The van der Waals surface area contributed by atoms with E-state index in [0.717, 1.165) is 73.4 Å². The summed E-state index contributed by atoms with van der Waals surface area (Å²) < 4.78 is 14.0. The minimum Gasteiger partial charge on any atom is -0.495 e. The number of piperidine rings is 1. The van der Waals surface area contributed by atoms with Gasteiger partial charge >= 0.3 is 0 Å². The molecule has 204 valence electrons. The topological polar surface area (TPSA) is 55.7 Å². The molecule has 0 bridgehead atoms. The van der Waals surface area contributed by atoms with Crippen molar-refractivity contribution in [3.05, 3.63) is 94.6 Å². The van der Waals surface area contributed by atoms with Crippen molar-refractivity contribution in [2.24, 2.45) is 0 Å². The second-order valence-electron chi connectivity index (χ2n) is 10.2. The third-order valence-electron chi connectivity index (χ3n) is 7.37. The van der Waals surface area contributed by atoms with Gasteiger partial charge in [-0.25, -0.2) is 0 Å². The van der Waals surface area contributed by atoms with Crippen LogP contribution in [0.15, 0.2) is 72.9 Å². The number of carbonyl (C=O) groups is 1. The Balaban J connectivity index is 1.19. The number of hydrogen-bond donors (Lipinski definition) is 1. The van der Waals surface area contributed by atoms with Crippen molar-refractivity contribution in [1.29, 1.82) is 0 Å². The number of fused-ring (bicyclic) bond motifs is 1. The number of nitrogens with one attached hydrogen (secondary N) is 1. The van der Waals surface area contributed by atoms with E-state index >= 15 is 0 Å². The number of amides is 1. The Kier molecular flexibility index (Phi) is 8.74. The highest BCUT2D eigenvalue weighted by molar-refractivity contribution is 6.30. The number of aryl methyl sites for hydroxylation is 2. The van der Waals surface area contributed by atoms with E-state index in [9.17, 15) is 4.79 Å². The number of benzene rings is 3. The molecule has 1 saturated heterocycles. The summed E-state index contributed by atoms with van der Waals surface area (Å²) >= 11 is 6.09.